The molecule has 4 aromatic heterocycles. The number of thiazole rings is 1. The highest BCUT2D eigenvalue weighted by Gasteiger charge is 2.30. The highest BCUT2D eigenvalue weighted by atomic mass is 35.5. The Bertz CT molecular complexity index is 2260. The summed E-state index contributed by atoms with van der Waals surface area (Å²) in [5.41, 5.74) is 3.16. The monoisotopic (exact) mass is 704 g/mol. The molecular weight excluding hydrogens is 680 g/mol. The van der Waals surface area contributed by atoms with Crippen LogP contribution in [0.5, 0.6) is 5.88 Å². The number of hydrogen-bond acceptors (Lipinski definition) is 9. The fraction of sp³-hybridized carbons (Fsp3) is 0.0625. The zero-order chi connectivity index (χ0) is 32.5. The first-order valence-corrected chi connectivity index (χ1v) is 18.0. The van der Waals surface area contributed by atoms with Gasteiger partial charge in [0.15, 0.2) is 5.65 Å². The molecular formula is C32H25ClN6O5S3. The first-order valence-electron chi connectivity index (χ1n) is 14.0. The summed E-state index contributed by atoms with van der Waals surface area (Å²) < 4.78 is 39.0. The van der Waals surface area contributed by atoms with E-state index in [0.717, 1.165) is 0 Å². The van der Waals surface area contributed by atoms with E-state index in [0.29, 0.717) is 53.5 Å². The normalized spacial score (nSPS) is 14.1. The van der Waals surface area contributed by atoms with Gasteiger partial charge in [0.2, 0.25) is 17.0 Å². The molecule has 0 radical (unpaired) electrons. The highest BCUT2D eigenvalue weighted by molar-refractivity contribution is 8.24. The number of H-pyrrole nitrogens is 1. The first-order chi connectivity index (χ1) is 22.9. The van der Waals surface area contributed by atoms with Gasteiger partial charge in [-0.1, -0.05) is 47.2 Å². The Kier molecular flexibility index (Phi) is 8.53. The molecule has 15 heteroatoms. The molecule has 2 atom stereocenters. The van der Waals surface area contributed by atoms with E-state index in [2.05, 4.69) is 25.5 Å². The van der Waals surface area contributed by atoms with Crippen molar-refractivity contribution in [1.82, 2.24) is 24.1 Å². The number of carbonyl (C=O) groups is 1. The molecule has 0 aliphatic rings. The van der Waals surface area contributed by atoms with Gasteiger partial charge in [-0.2, -0.15) is 9.07 Å². The lowest BCUT2D eigenvalue weighted by Gasteiger charge is -2.38. The van der Waals surface area contributed by atoms with Gasteiger partial charge in [-0.3, -0.25) is 18.6 Å². The largest absolute Gasteiger partial charge is 0.376 e. The van der Waals surface area contributed by atoms with Crippen LogP contribution in [0, 0.1) is 0 Å². The Morgan fingerprint density at radius 1 is 1.09 bits per heavy atom. The van der Waals surface area contributed by atoms with Crippen LogP contribution in [0.25, 0.3) is 33.1 Å². The average molecular weight is 705 g/mol. The van der Waals surface area contributed by atoms with Crippen molar-refractivity contribution in [2.24, 2.45) is 0 Å². The standard InChI is InChI=1S/C32H25ClN6O5S3/c1-43-47(42,22-10-6-3-7-11-22)39-30(44-46(41)21-8-4-2-5-9-21)16-24-23(12-13-34-31(24)39)20-14-26(25-18-35-38-27(25)15-20)37-32(40)28-19-45-29(17-33)36-28/h2-16,18-19,42H,17H2,1H3,(H,35,38)(H,37,40). The molecule has 0 bridgehead atoms. The number of hydrogen-bond donors (Lipinski definition) is 3. The Morgan fingerprint density at radius 3 is 2.57 bits per heavy atom. The van der Waals surface area contributed by atoms with Crippen LogP contribution in [-0.4, -0.2) is 45.9 Å². The number of alkyl halides is 1. The summed E-state index contributed by atoms with van der Waals surface area (Å²) in [5.74, 6) is -0.0922. The third-order valence-electron chi connectivity index (χ3n) is 7.27. The Morgan fingerprint density at radius 2 is 1.85 bits per heavy atom. The maximum absolute atomic E-state index is 13.4. The minimum absolute atomic E-state index is 0.0834. The Hall–Kier alpha value is -4.57. The number of anilines is 1. The van der Waals surface area contributed by atoms with Gasteiger partial charge in [0, 0.05) is 28.4 Å². The molecule has 0 saturated heterocycles. The number of halogens is 1. The van der Waals surface area contributed by atoms with E-state index < -0.39 is 21.9 Å². The van der Waals surface area contributed by atoms with Gasteiger partial charge in [0.25, 0.3) is 5.91 Å². The number of carbonyl (C=O) groups excluding carboxylic acids is 1. The minimum atomic E-state index is -3.25. The van der Waals surface area contributed by atoms with Crippen LogP contribution in [0.15, 0.2) is 112 Å². The molecule has 3 N–H and O–H groups in total. The van der Waals surface area contributed by atoms with Gasteiger partial charge < -0.3 is 9.50 Å². The molecule has 0 fully saturated rings. The zero-order valence-electron chi connectivity index (χ0n) is 24.5. The summed E-state index contributed by atoms with van der Waals surface area (Å²) in [6.45, 7) is 0. The molecule has 4 heterocycles. The Balaban J connectivity index is 1.39. The van der Waals surface area contributed by atoms with Crippen molar-refractivity contribution in [2.75, 3.05) is 12.4 Å². The van der Waals surface area contributed by atoms with E-state index in [1.165, 1.54) is 22.4 Å². The highest BCUT2D eigenvalue weighted by Crippen LogP contribution is 2.58. The van der Waals surface area contributed by atoms with Gasteiger partial charge in [-0.25, -0.2) is 14.2 Å². The van der Waals surface area contributed by atoms with Crippen molar-refractivity contribution in [3.63, 3.8) is 0 Å². The van der Waals surface area contributed by atoms with Crippen LogP contribution in [0.3, 0.4) is 0 Å². The van der Waals surface area contributed by atoms with Crippen molar-refractivity contribution >= 4 is 78.3 Å². The van der Waals surface area contributed by atoms with E-state index in [1.807, 2.05) is 30.3 Å². The summed E-state index contributed by atoms with van der Waals surface area (Å²) in [6.07, 6.45) is 3.23. The SMILES string of the molecule is COS(O)(c1ccccc1)n1c(OS(=O)c2ccccc2)cc2c(-c3cc(NC(=O)c4csc(CCl)n4)c4cn[nH]c4c3)ccnc21. The summed E-state index contributed by atoms with van der Waals surface area (Å²) in [6, 6.07) is 24.8. The summed E-state index contributed by atoms with van der Waals surface area (Å²) >= 11 is 5.27. The molecule has 7 aromatic rings. The molecule has 1 amide bonds. The molecule has 238 valence electrons. The van der Waals surface area contributed by atoms with Crippen molar-refractivity contribution in [3.8, 4) is 17.0 Å². The van der Waals surface area contributed by atoms with Crippen LogP contribution >= 0.6 is 33.7 Å². The molecule has 2 unspecified atom stereocenters. The van der Waals surface area contributed by atoms with Gasteiger partial charge in [0.1, 0.15) is 10.7 Å². The number of amides is 1. The van der Waals surface area contributed by atoms with Gasteiger partial charge in [0.05, 0.1) is 40.2 Å². The second-order valence-corrected chi connectivity index (χ2v) is 14.5. The summed E-state index contributed by atoms with van der Waals surface area (Å²) in [4.78, 5) is 23.0. The van der Waals surface area contributed by atoms with Gasteiger partial charge >= 0.3 is 0 Å². The maximum Gasteiger partial charge on any atom is 0.275 e. The van der Waals surface area contributed by atoms with E-state index in [9.17, 15) is 13.6 Å². The summed E-state index contributed by atoms with van der Waals surface area (Å²) in [7, 11) is -1.85. The van der Waals surface area contributed by atoms with Crippen molar-refractivity contribution in [1.29, 1.82) is 0 Å². The predicted octanol–water partition coefficient (Wildman–Crippen LogP) is 7.79. The molecule has 0 aliphatic heterocycles. The topological polar surface area (TPSA) is 144 Å². The number of rotatable bonds is 10. The predicted molar refractivity (Wildman–Crippen MR) is 185 cm³/mol. The van der Waals surface area contributed by atoms with Crippen LogP contribution < -0.4 is 9.50 Å². The van der Waals surface area contributed by atoms with E-state index in [1.54, 1.807) is 72.4 Å². The summed E-state index contributed by atoms with van der Waals surface area (Å²) in [5, 5.41) is 13.7. The third-order valence-corrected chi connectivity index (χ3v) is 11.7. The van der Waals surface area contributed by atoms with E-state index in [4.69, 9.17) is 20.0 Å². The first kappa shape index (κ1) is 31.1. The number of aromatic nitrogens is 5. The minimum Gasteiger partial charge on any atom is -0.376 e. The number of pyridine rings is 1. The van der Waals surface area contributed by atoms with E-state index >= 15 is 0 Å². The number of aromatic amines is 1. The molecule has 11 nitrogen and oxygen atoms in total. The molecule has 0 spiro atoms. The third kappa shape index (κ3) is 5.79. The smallest absolute Gasteiger partial charge is 0.275 e. The van der Waals surface area contributed by atoms with Crippen molar-refractivity contribution in [3.05, 3.63) is 113 Å². The van der Waals surface area contributed by atoms with E-state index in [-0.39, 0.29) is 23.4 Å². The lowest BCUT2D eigenvalue weighted by Crippen LogP contribution is -2.15. The zero-order valence-corrected chi connectivity index (χ0v) is 27.7. The fourth-order valence-corrected chi connectivity index (χ4v) is 8.55. The number of benzene rings is 3. The quantitative estimate of drug-likeness (QED) is 0.122. The lowest BCUT2D eigenvalue weighted by atomic mass is 10.0. The number of fused-ring (bicyclic) bond motifs is 2. The number of nitrogens with one attached hydrogen (secondary N) is 2. The Labute approximate surface area is 281 Å². The average Bonchev–Trinajstić information content (AvgIpc) is 3.87. The second-order valence-electron chi connectivity index (χ2n) is 10.0. The number of nitrogens with zero attached hydrogens (tertiary/aromatic N) is 4. The van der Waals surface area contributed by atoms with Crippen LogP contribution in [0.2, 0.25) is 0 Å². The van der Waals surface area contributed by atoms with Gasteiger partial charge in [-0.15, -0.1) is 22.9 Å². The van der Waals surface area contributed by atoms with Crippen molar-refractivity contribution < 1.29 is 21.9 Å². The molecule has 0 aliphatic carbocycles. The maximum atomic E-state index is 13.4. The van der Waals surface area contributed by atoms with Crippen LogP contribution in [0.1, 0.15) is 15.5 Å². The lowest BCUT2D eigenvalue weighted by molar-refractivity contribution is 0.102. The molecule has 0 saturated carbocycles. The second kappa shape index (κ2) is 12.9. The molecule has 3 aromatic carbocycles. The molecule has 47 heavy (non-hydrogen) atoms. The fourth-order valence-electron chi connectivity index (χ4n) is 5.11. The van der Waals surface area contributed by atoms with Crippen molar-refractivity contribution in [2.45, 2.75) is 15.7 Å². The molecule has 7 rings (SSSR count). The van der Waals surface area contributed by atoms with Crippen LogP contribution in [-0.2, 0) is 21.1 Å². The van der Waals surface area contributed by atoms with Crippen LogP contribution in [0.4, 0.5) is 5.69 Å². The van der Waals surface area contributed by atoms with Gasteiger partial charge in [-0.05, 0) is 53.6 Å².